The molecule has 0 N–H and O–H groups in total. The predicted molar refractivity (Wildman–Crippen MR) is 94.3 cm³/mol. The summed E-state index contributed by atoms with van der Waals surface area (Å²) in [4.78, 5) is 0. The average molecular weight is 323 g/mol. The van der Waals surface area contributed by atoms with Crippen LogP contribution in [0.2, 0.25) is 0 Å². The summed E-state index contributed by atoms with van der Waals surface area (Å²) in [6.07, 6.45) is 8.37. The third-order valence-corrected chi connectivity index (χ3v) is 11.5. The van der Waals surface area contributed by atoms with Gasteiger partial charge < -0.3 is 0 Å². The van der Waals surface area contributed by atoms with Crippen molar-refractivity contribution in [2.75, 3.05) is 23.0 Å². The van der Waals surface area contributed by atoms with Crippen LogP contribution in [-0.2, 0) is 0 Å². The Morgan fingerprint density at radius 1 is 0.667 bits per heavy atom. The fourth-order valence-corrected chi connectivity index (χ4v) is 9.14. The maximum atomic E-state index is 2.39. The summed E-state index contributed by atoms with van der Waals surface area (Å²) in [5.74, 6) is 5.56. The number of hydrogen-bond donors (Lipinski definition) is 0. The van der Waals surface area contributed by atoms with E-state index in [9.17, 15) is 0 Å². The van der Waals surface area contributed by atoms with Crippen LogP contribution >= 0.6 is 47.0 Å². The van der Waals surface area contributed by atoms with Crippen LogP contribution in [0.4, 0.5) is 0 Å². The lowest BCUT2D eigenvalue weighted by atomic mass is 10.1. The van der Waals surface area contributed by atoms with Crippen molar-refractivity contribution in [3.05, 3.63) is 0 Å². The first-order chi connectivity index (χ1) is 8.74. The number of hydrogen-bond acceptors (Lipinski definition) is 4. The van der Waals surface area contributed by atoms with Crippen molar-refractivity contribution in [3.8, 4) is 0 Å². The third-order valence-electron chi connectivity index (χ3n) is 4.00. The molecule has 2 aliphatic rings. The fraction of sp³-hybridized carbons (Fsp3) is 1.00. The zero-order valence-electron chi connectivity index (χ0n) is 11.7. The van der Waals surface area contributed by atoms with Crippen molar-refractivity contribution >= 4 is 47.0 Å². The molecule has 0 aromatic carbocycles. The lowest BCUT2D eigenvalue weighted by Gasteiger charge is -2.41. The van der Waals surface area contributed by atoms with Crippen molar-refractivity contribution in [2.45, 2.75) is 60.5 Å². The zero-order chi connectivity index (χ0) is 12.9. The van der Waals surface area contributed by atoms with Crippen LogP contribution in [0.1, 0.15) is 52.4 Å². The molecule has 2 heterocycles. The highest BCUT2D eigenvalue weighted by atomic mass is 32.2. The van der Waals surface area contributed by atoms with Gasteiger partial charge >= 0.3 is 0 Å². The van der Waals surface area contributed by atoms with Gasteiger partial charge in [-0.05, 0) is 61.5 Å². The molecule has 0 atom stereocenters. The second-order valence-corrected chi connectivity index (χ2v) is 11.6. The maximum Gasteiger partial charge on any atom is 0.0609 e. The highest BCUT2D eigenvalue weighted by Crippen LogP contribution is 2.53. The van der Waals surface area contributed by atoms with Crippen molar-refractivity contribution in [2.24, 2.45) is 0 Å². The summed E-state index contributed by atoms with van der Waals surface area (Å²) in [6.45, 7) is 4.79. The summed E-state index contributed by atoms with van der Waals surface area (Å²) in [6, 6.07) is 0. The largest absolute Gasteiger partial charge is 0.144 e. The van der Waals surface area contributed by atoms with Crippen molar-refractivity contribution in [3.63, 3.8) is 0 Å². The molecule has 0 aromatic rings. The Labute approximate surface area is 130 Å². The Hall–Kier alpha value is 1.40. The first-order valence-corrected chi connectivity index (χ1v) is 11.2. The SMILES string of the molecule is CCC1(CCC2(CC)SCCCS2)SCCCS1. The van der Waals surface area contributed by atoms with Gasteiger partial charge in [-0.3, -0.25) is 0 Å². The first-order valence-electron chi connectivity index (χ1n) is 7.30. The van der Waals surface area contributed by atoms with E-state index in [0.717, 1.165) is 0 Å². The molecule has 2 aliphatic heterocycles. The van der Waals surface area contributed by atoms with Crippen molar-refractivity contribution in [1.29, 1.82) is 0 Å². The van der Waals surface area contributed by atoms with Crippen LogP contribution in [-0.4, -0.2) is 31.2 Å². The highest BCUT2D eigenvalue weighted by molar-refractivity contribution is 8.19. The predicted octanol–water partition coefficient (Wildman–Crippen LogP) is 5.72. The summed E-state index contributed by atoms with van der Waals surface area (Å²) >= 11 is 9.01. The molecule has 0 amide bonds. The molecule has 0 bridgehead atoms. The van der Waals surface area contributed by atoms with E-state index < -0.39 is 0 Å². The third kappa shape index (κ3) is 3.95. The van der Waals surface area contributed by atoms with Gasteiger partial charge in [-0.15, -0.1) is 47.0 Å². The van der Waals surface area contributed by atoms with Crippen LogP contribution in [0.5, 0.6) is 0 Å². The highest BCUT2D eigenvalue weighted by Gasteiger charge is 2.37. The van der Waals surface area contributed by atoms with Crippen LogP contribution < -0.4 is 0 Å². The molecule has 0 nitrogen and oxygen atoms in total. The summed E-state index contributed by atoms with van der Waals surface area (Å²) in [5.41, 5.74) is 0. The summed E-state index contributed by atoms with van der Waals surface area (Å²) in [7, 11) is 0. The Morgan fingerprint density at radius 3 is 1.28 bits per heavy atom. The Bertz CT molecular complexity index is 216. The zero-order valence-corrected chi connectivity index (χ0v) is 15.0. The molecule has 0 aliphatic carbocycles. The molecule has 106 valence electrons. The molecule has 0 unspecified atom stereocenters. The van der Waals surface area contributed by atoms with E-state index >= 15 is 0 Å². The lowest BCUT2D eigenvalue weighted by Crippen LogP contribution is -2.30. The first kappa shape index (κ1) is 15.8. The second kappa shape index (κ2) is 7.42. The van der Waals surface area contributed by atoms with Gasteiger partial charge in [0.2, 0.25) is 0 Å². The van der Waals surface area contributed by atoms with Gasteiger partial charge in [0.1, 0.15) is 0 Å². The van der Waals surface area contributed by atoms with Crippen LogP contribution in [0.15, 0.2) is 0 Å². The molecule has 18 heavy (non-hydrogen) atoms. The van der Waals surface area contributed by atoms with Crippen molar-refractivity contribution in [1.82, 2.24) is 0 Å². The van der Waals surface area contributed by atoms with Crippen molar-refractivity contribution < 1.29 is 0 Å². The van der Waals surface area contributed by atoms with Gasteiger partial charge in [0.05, 0.1) is 8.16 Å². The Balaban J connectivity index is 1.91. The van der Waals surface area contributed by atoms with E-state index in [2.05, 4.69) is 60.9 Å². The summed E-state index contributed by atoms with van der Waals surface area (Å²) in [5, 5.41) is 0. The van der Waals surface area contributed by atoms with Gasteiger partial charge in [-0.1, -0.05) is 13.8 Å². The summed E-state index contributed by atoms with van der Waals surface area (Å²) < 4.78 is 1.11. The van der Waals surface area contributed by atoms with Crippen LogP contribution in [0, 0.1) is 0 Å². The van der Waals surface area contributed by atoms with Crippen LogP contribution in [0.25, 0.3) is 0 Å². The molecule has 2 rings (SSSR count). The normalized spacial score (nSPS) is 27.0. The lowest BCUT2D eigenvalue weighted by molar-refractivity contribution is 0.591. The van der Waals surface area contributed by atoms with Gasteiger partial charge in [-0.2, -0.15) is 0 Å². The van der Waals surface area contributed by atoms with E-state index in [1.54, 1.807) is 0 Å². The van der Waals surface area contributed by atoms with Gasteiger partial charge in [0, 0.05) is 0 Å². The monoisotopic (exact) mass is 322 g/mol. The molecule has 0 spiro atoms. The van der Waals surface area contributed by atoms with Gasteiger partial charge in [-0.25, -0.2) is 0 Å². The molecular weight excluding hydrogens is 296 g/mol. The van der Waals surface area contributed by atoms with E-state index in [0.29, 0.717) is 8.16 Å². The molecule has 2 fully saturated rings. The van der Waals surface area contributed by atoms with Gasteiger partial charge in [0.25, 0.3) is 0 Å². The minimum absolute atomic E-state index is 0.555. The molecular formula is C14H26S4. The van der Waals surface area contributed by atoms with E-state index in [1.807, 2.05) is 0 Å². The van der Waals surface area contributed by atoms with E-state index in [-0.39, 0.29) is 0 Å². The quantitative estimate of drug-likeness (QED) is 0.634. The molecule has 0 saturated carbocycles. The average Bonchev–Trinajstić information content (AvgIpc) is 2.47. The topological polar surface area (TPSA) is 0 Å². The number of rotatable bonds is 5. The smallest absolute Gasteiger partial charge is 0.0609 e. The minimum atomic E-state index is 0.555. The van der Waals surface area contributed by atoms with E-state index in [1.165, 1.54) is 61.5 Å². The Kier molecular flexibility index (Phi) is 6.51. The van der Waals surface area contributed by atoms with Crippen LogP contribution in [0.3, 0.4) is 0 Å². The molecule has 0 aromatic heterocycles. The Morgan fingerprint density at radius 2 is 1.00 bits per heavy atom. The molecule has 2 saturated heterocycles. The number of thioether (sulfide) groups is 4. The fourth-order valence-electron chi connectivity index (χ4n) is 2.67. The molecule has 0 radical (unpaired) electrons. The standard InChI is InChI=1S/C14H26S4/c1-3-13(15-9-5-10-16-13)7-8-14(4-2)17-11-6-12-18-14/h3-12H2,1-2H3. The maximum absolute atomic E-state index is 2.39. The minimum Gasteiger partial charge on any atom is -0.144 e. The van der Waals surface area contributed by atoms with Gasteiger partial charge in [0.15, 0.2) is 0 Å². The second-order valence-electron chi connectivity index (χ2n) is 5.13. The van der Waals surface area contributed by atoms with E-state index in [4.69, 9.17) is 0 Å². The molecule has 4 heteroatoms.